The Morgan fingerprint density at radius 1 is 0.947 bits per heavy atom. The van der Waals surface area contributed by atoms with E-state index in [9.17, 15) is 22.8 Å². The van der Waals surface area contributed by atoms with Gasteiger partial charge in [-0.25, -0.2) is 9.67 Å². The normalized spacial score (nSPS) is 11.3. The molecule has 1 N–H and O–H groups in total. The average Bonchev–Trinajstić information content (AvgIpc) is 3.38. The Labute approximate surface area is 213 Å². The second-order valence-corrected chi connectivity index (χ2v) is 8.17. The molecule has 0 bridgehead atoms. The highest BCUT2D eigenvalue weighted by Gasteiger charge is 2.36. The molecule has 0 aliphatic rings. The lowest BCUT2D eigenvalue weighted by atomic mass is 10.2. The van der Waals surface area contributed by atoms with Crippen molar-refractivity contribution in [1.29, 1.82) is 0 Å². The zero-order valence-corrected chi connectivity index (χ0v) is 19.5. The summed E-state index contributed by atoms with van der Waals surface area (Å²) in [6.07, 6.45) is 4.09. The Bertz CT molecular complexity index is 1630. The van der Waals surface area contributed by atoms with Gasteiger partial charge in [-0.05, 0) is 48.0 Å². The van der Waals surface area contributed by atoms with Gasteiger partial charge in [0, 0.05) is 42.6 Å². The van der Waals surface area contributed by atoms with Crippen molar-refractivity contribution in [2.75, 3.05) is 5.32 Å². The first kappa shape index (κ1) is 24.6. The van der Waals surface area contributed by atoms with Gasteiger partial charge in [0.25, 0.3) is 11.5 Å². The Balaban J connectivity index is 1.37. The molecular formula is C26H18F3N7O2. The molecule has 0 aliphatic heterocycles. The lowest BCUT2D eigenvalue weighted by molar-refractivity contribution is -0.142. The molecule has 0 fully saturated rings. The van der Waals surface area contributed by atoms with Gasteiger partial charge in [-0.15, -0.1) is 0 Å². The van der Waals surface area contributed by atoms with Crippen LogP contribution in [0.4, 0.5) is 19.0 Å². The molecule has 0 radical (unpaired) electrons. The first-order chi connectivity index (χ1) is 18.3. The van der Waals surface area contributed by atoms with Crippen LogP contribution in [0.3, 0.4) is 0 Å². The van der Waals surface area contributed by atoms with Crippen LogP contribution in [0.5, 0.6) is 0 Å². The van der Waals surface area contributed by atoms with Crippen molar-refractivity contribution >= 4 is 11.7 Å². The molecule has 0 aromatic carbocycles. The van der Waals surface area contributed by atoms with Crippen LogP contribution in [-0.4, -0.2) is 35.2 Å². The summed E-state index contributed by atoms with van der Waals surface area (Å²) in [7, 11) is 0. The van der Waals surface area contributed by atoms with E-state index in [1.807, 2.05) is 0 Å². The van der Waals surface area contributed by atoms with Crippen molar-refractivity contribution in [3.8, 4) is 16.9 Å². The van der Waals surface area contributed by atoms with Crippen LogP contribution in [0.25, 0.3) is 16.9 Å². The number of hydrogen-bond donors (Lipinski definition) is 1. The quantitative estimate of drug-likeness (QED) is 0.362. The number of rotatable bonds is 6. The molecule has 5 aromatic heterocycles. The maximum Gasteiger partial charge on any atom is 0.433 e. The number of aromatic nitrogens is 6. The van der Waals surface area contributed by atoms with E-state index in [-0.39, 0.29) is 34.9 Å². The molecule has 0 spiro atoms. The van der Waals surface area contributed by atoms with Crippen LogP contribution in [0.2, 0.25) is 0 Å². The first-order valence-electron chi connectivity index (χ1n) is 11.2. The first-order valence-corrected chi connectivity index (χ1v) is 11.2. The van der Waals surface area contributed by atoms with Crippen LogP contribution in [0.1, 0.15) is 21.6 Å². The van der Waals surface area contributed by atoms with Crippen molar-refractivity contribution in [2.45, 2.75) is 12.7 Å². The standard InChI is InChI=1S/C26H18F3N7O2/c27-26(28,29)22-11-21(18-4-2-10-31-13-18)34-36(22)20-6-7-23(32-14-20)33-25(38)19-5-8-24(37)35(16-19)15-17-3-1-9-30-12-17/h1-14,16H,15H2,(H,32,33,38). The van der Waals surface area contributed by atoms with Crippen LogP contribution in [0, 0.1) is 0 Å². The SMILES string of the molecule is O=C(Nc1ccc(-n2nc(-c3cccnc3)cc2C(F)(F)F)cn1)c1ccc(=O)n(Cc2cccnc2)c1. The van der Waals surface area contributed by atoms with E-state index in [2.05, 4.69) is 25.4 Å². The number of anilines is 1. The highest BCUT2D eigenvalue weighted by molar-refractivity contribution is 6.03. The lowest BCUT2D eigenvalue weighted by Gasteiger charge is -2.11. The minimum Gasteiger partial charge on any atom is -0.310 e. The summed E-state index contributed by atoms with van der Waals surface area (Å²) in [6, 6.07) is 13.1. The Morgan fingerprint density at radius 3 is 2.39 bits per heavy atom. The van der Waals surface area contributed by atoms with Gasteiger partial charge < -0.3 is 9.88 Å². The zero-order valence-electron chi connectivity index (χ0n) is 19.5. The second kappa shape index (κ2) is 10.1. The summed E-state index contributed by atoms with van der Waals surface area (Å²) in [4.78, 5) is 37.0. The smallest absolute Gasteiger partial charge is 0.310 e. The fourth-order valence-corrected chi connectivity index (χ4v) is 3.69. The van der Waals surface area contributed by atoms with E-state index in [0.717, 1.165) is 16.3 Å². The van der Waals surface area contributed by atoms with Gasteiger partial charge in [0.15, 0.2) is 0 Å². The van der Waals surface area contributed by atoms with Crippen molar-refractivity contribution in [2.24, 2.45) is 0 Å². The predicted octanol–water partition coefficient (Wildman–Crippen LogP) is 4.21. The third-order valence-electron chi connectivity index (χ3n) is 5.51. The fraction of sp³-hybridized carbons (Fsp3) is 0.0769. The molecule has 9 nitrogen and oxygen atoms in total. The summed E-state index contributed by atoms with van der Waals surface area (Å²) in [5, 5.41) is 6.69. The van der Waals surface area contributed by atoms with E-state index in [0.29, 0.717) is 5.56 Å². The van der Waals surface area contributed by atoms with Gasteiger partial charge >= 0.3 is 6.18 Å². The molecule has 0 saturated carbocycles. The minimum atomic E-state index is -4.67. The van der Waals surface area contributed by atoms with E-state index >= 15 is 0 Å². The molecule has 5 aromatic rings. The Kier molecular flexibility index (Phi) is 6.52. The van der Waals surface area contributed by atoms with Gasteiger partial charge in [0.05, 0.1) is 29.7 Å². The van der Waals surface area contributed by atoms with Crippen LogP contribution < -0.4 is 10.9 Å². The summed E-state index contributed by atoms with van der Waals surface area (Å²) in [6.45, 7) is 0.229. The number of halogens is 3. The molecule has 0 atom stereocenters. The van der Waals surface area contributed by atoms with Gasteiger partial charge in [0.2, 0.25) is 0 Å². The summed E-state index contributed by atoms with van der Waals surface area (Å²) < 4.78 is 43.3. The van der Waals surface area contributed by atoms with E-state index in [1.54, 1.807) is 36.7 Å². The van der Waals surface area contributed by atoms with Crippen molar-refractivity contribution in [3.05, 3.63) is 119 Å². The molecule has 12 heteroatoms. The number of hydrogen-bond acceptors (Lipinski definition) is 6. The van der Waals surface area contributed by atoms with Crippen molar-refractivity contribution in [1.82, 2.24) is 29.3 Å². The average molecular weight is 517 g/mol. The number of alkyl halides is 3. The van der Waals surface area contributed by atoms with Gasteiger partial charge in [-0.1, -0.05) is 6.07 Å². The molecule has 5 heterocycles. The van der Waals surface area contributed by atoms with E-state index in [1.165, 1.54) is 53.6 Å². The molecule has 1 amide bonds. The molecule has 0 aliphatic carbocycles. The lowest BCUT2D eigenvalue weighted by Crippen LogP contribution is -2.22. The third kappa shape index (κ3) is 5.33. The van der Waals surface area contributed by atoms with Crippen molar-refractivity contribution in [3.63, 3.8) is 0 Å². The monoisotopic (exact) mass is 517 g/mol. The predicted molar refractivity (Wildman–Crippen MR) is 132 cm³/mol. The minimum absolute atomic E-state index is 0.0514. The molecule has 38 heavy (non-hydrogen) atoms. The molecule has 190 valence electrons. The number of amides is 1. The number of nitrogens with zero attached hydrogens (tertiary/aromatic N) is 6. The van der Waals surface area contributed by atoms with Gasteiger partial charge in [0.1, 0.15) is 11.5 Å². The summed E-state index contributed by atoms with van der Waals surface area (Å²) >= 11 is 0. The van der Waals surface area contributed by atoms with Crippen LogP contribution in [-0.2, 0) is 12.7 Å². The topological polar surface area (TPSA) is 108 Å². The number of carbonyl (C=O) groups excluding carboxylic acids is 1. The molecule has 5 rings (SSSR count). The molecule has 0 unspecified atom stereocenters. The van der Waals surface area contributed by atoms with Crippen LogP contribution >= 0.6 is 0 Å². The highest BCUT2D eigenvalue weighted by atomic mass is 19.4. The largest absolute Gasteiger partial charge is 0.433 e. The maximum atomic E-state index is 13.7. The molecule has 0 saturated heterocycles. The van der Waals surface area contributed by atoms with E-state index < -0.39 is 17.8 Å². The van der Waals surface area contributed by atoms with Crippen LogP contribution in [0.15, 0.2) is 96.6 Å². The number of pyridine rings is 4. The van der Waals surface area contributed by atoms with E-state index in [4.69, 9.17) is 0 Å². The number of nitrogens with one attached hydrogen (secondary N) is 1. The summed E-state index contributed by atoms with van der Waals surface area (Å²) in [5.41, 5.74) is 0.294. The van der Waals surface area contributed by atoms with Gasteiger partial charge in [-0.3, -0.25) is 19.6 Å². The molecular weight excluding hydrogens is 499 g/mol. The maximum absolute atomic E-state index is 13.7. The number of carbonyl (C=O) groups is 1. The zero-order chi connectivity index (χ0) is 26.7. The third-order valence-corrected chi connectivity index (χ3v) is 5.51. The van der Waals surface area contributed by atoms with Crippen molar-refractivity contribution < 1.29 is 18.0 Å². The van der Waals surface area contributed by atoms with Gasteiger partial charge in [-0.2, -0.15) is 18.3 Å². The Hall–Kier alpha value is -5.13. The Morgan fingerprint density at radius 2 is 1.74 bits per heavy atom. The summed E-state index contributed by atoms with van der Waals surface area (Å²) in [5.74, 6) is -0.434. The second-order valence-electron chi connectivity index (χ2n) is 8.17. The highest BCUT2D eigenvalue weighted by Crippen LogP contribution is 2.34. The fourth-order valence-electron chi connectivity index (χ4n) is 3.69.